The number of alkyl halides is 1. The van der Waals surface area contributed by atoms with Crippen LogP contribution in [0.5, 0.6) is 0 Å². The van der Waals surface area contributed by atoms with Crippen LogP contribution in [0.15, 0.2) is 0 Å². The van der Waals surface area contributed by atoms with Gasteiger partial charge in [0.1, 0.15) is 6.67 Å². The third kappa shape index (κ3) is 5.89. The van der Waals surface area contributed by atoms with Gasteiger partial charge in [0.25, 0.3) is 0 Å². The summed E-state index contributed by atoms with van der Waals surface area (Å²) in [4.78, 5) is 0. The summed E-state index contributed by atoms with van der Waals surface area (Å²) < 4.78 is 16.0. The SMILES string of the molecule is CC(C)[CH]OCCF. The molecule has 0 heterocycles. The summed E-state index contributed by atoms with van der Waals surface area (Å²) >= 11 is 0. The molecule has 8 heavy (non-hydrogen) atoms. The summed E-state index contributed by atoms with van der Waals surface area (Å²) in [6.07, 6.45) is 0. The van der Waals surface area contributed by atoms with Gasteiger partial charge in [-0.05, 0) is 5.92 Å². The Bertz CT molecular complexity index is 45.8. The van der Waals surface area contributed by atoms with Crippen LogP contribution in [-0.4, -0.2) is 13.3 Å². The second kappa shape index (κ2) is 5.04. The van der Waals surface area contributed by atoms with Crippen molar-refractivity contribution in [2.45, 2.75) is 13.8 Å². The highest BCUT2D eigenvalue weighted by Gasteiger charge is 1.92. The molecule has 0 aromatic heterocycles. The zero-order valence-electron chi connectivity index (χ0n) is 5.36. The molecule has 0 aliphatic carbocycles. The highest BCUT2D eigenvalue weighted by molar-refractivity contribution is 4.54. The zero-order valence-corrected chi connectivity index (χ0v) is 5.36. The van der Waals surface area contributed by atoms with Crippen molar-refractivity contribution in [3.8, 4) is 0 Å². The van der Waals surface area contributed by atoms with Gasteiger partial charge in [0.15, 0.2) is 0 Å². The monoisotopic (exact) mass is 119 g/mol. The van der Waals surface area contributed by atoms with Gasteiger partial charge in [0, 0.05) is 0 Å². The van der Waals surface area contributed by atoms with Crippen molar-refractivity contribution in [2.24, 2.45) is 5.92 Å². The van der Waals surface area contributed by atoms with Gasteiger partial charge < -0.3 is 4.74 Å². The van der Waals surface area contributed by atoms with Gasteiger partial charge in [-0.2, -0.15) is 0 Å². The van der Waals surface area contributed by atoms with E-state index in [0.717, 1.165) is 0 Å². The largest absolute Gasteiger partial charge is 0.373 e. The molecule has 0 N–H and O–H groups in total. The van der Waals surface area contributed by atoms with E-state index in [1.54, 1.807) is 6.61 Å². The van der Waals surface area contributed by atoms with E-state index in [-0.39, 0.29) is 6.61 Å². The van der Waals surface area contributed by atoms with E-state index in [4.69, 9.17) is 4.74 Å². The van der Waals surface area contributed by atoms with Gasteiger partial charge in [-0.3, -0.25) is 0 Å². The Labute approximate surface area is 49.8 Å². The molecule has 0 aliphatic rings. The first kappa shape index (κ1) is 7.89. The van der Waals surface area contributed by atoms with Crippen molar-refractivity contribution in [3.63, 3.8) is 0 Å². The third-order valence-electron chi connectivity index (χ3n) is 0.563. The Morgan fingerprint density at radius 3 is 2.62 bits per heavy atom. The van der Waals surface area contributed by atoms with Gasteiger partial charge >= 0.3 is 0 Å². The summed E-state index contributed by atoms with van der Waals surface area (Å²) in [7, 11) is 0. The molecule has 0 unspecified atom stereocenters. The van der Waals surface area contributed by atoms with Crippen LogP contribution < -0.4 is 0 Å². The number of hydrogen-bond donors (Lipinski definition) is 0. The summed E-state index contributed by atoms with van der Waals surface area (Å²) in [5.41, 5.74) is 0. The minimum atomic E-state index is -0.400. The molecular formula is C6H12FO. The number of halogens is 1. The highest BCUT2D eigenvalue weighted by atomic mass is 19.1. The van der Waals surface area contributed by atoms with E-state index in [9.17, 15) is 4.39 Å². The molecule has 0 rings (SSSR count). The van der Waals surface area contributed by atoms with E-state index >= 15 is 0 Å². The van der Waals surface area contributed by atoms with Crippen LogP contribution in [0.1, 0.15) is 13.8 Å². The average Bonchev–Trinajstić information content (AvgIpc) is 1.66. The molecule has 0 bridgehead atoms. The summed E-state index contributed by atoms with van der Waals surface area (Å²) in [6.45, 7) is 5.40. The molecule has 0 amide bonds. The van der Waals surface area contributed by atoms with E-state index in [2.05, 4.69) is 0 Å². The van der Waals surface area contributed by atoms with Gasteiger partial charge in [0.05, 0.1) is 13.2 Å². The predicted octanol–water partition coefficient (Wildman–Crippen LogP) is 1.79. The smallest absolute Gasteiger partial charge is 0.113 e. The van der Waals surface area contributed by atoms with Crippen LogP contribution in [0.4, 0.5) is 4.39 Å². The van der Waals surface area contributed by atoms with E-state index in [1.807, 2.05) is 13.8 Å². The summed E-state index contributed by atoms with van der Waals surface area (Å²) in [6, 6.07) is 0. The van der Waals surface area contributed by atoms with Crippen LogP contribution >= 0.6 is 0 Å². The van der Waals surface area contributed by atoms with Crippen molar-refractivity contribution in [3.05, 3.63) is 6.61 Å². The normalized spacial score (nSPS) is 10.5. The standard InChI is InChI=1S/C6H12FO/c1-6(2)5-8-4-3-7/h5-6H,3-4H2,1-2H3. The quantitative estimate of drug-likeness (QED) is 0.512. The molecule has 0 saturated heterocycles. The second-order valence-electron chi connectivity index (χ2n) is 1.94. The first-order chi connectivity index (χ1) is 3.77. The summed E-state index contributed by atoms with van der Waals surface area (Å²) in [5.74, 6) is 0.390. The number of rotatable bonds is 4. The Kier molecular flexibility index (Phi) is 4.97. The average molecular weight is 119 g/mol. The minimum Gasteiger partial charge on any atom is -0.373 e. The van der Waals surface area contributed by atoms with E-state index < -0.39 is 6.67 Å². The Hall–Kier alpha value is -0.110. The van der Waals surface area contributed by atoms with Crippen LogP contribution in [0, 0.1) is 12.5 Å². The lowest BCUT2D eigenvalue weighted by Gasteiger charge is -2.01. The van der Waals surface area contributed by atoms with Gasteiger partial charge in [-0.15, -0.1) is 0 Å². The first-order valence-corrected chi connectivity index (χ1v) is 2.78. The fourth-order valence-corrected chi connectivity index (χ4v) is 0.305. The van der Waals surface area contributed by atoms with Crippen molar-refractivity contribution in [1.29, 1.82) is 0 Å². The maximum atomic E-state index is 11.3. The molecular weight excluding hydrogens is 107 g/mol. The van der Waals surface area contributed by atoms with Crippen molar-refractivity contribution in [1.82, 2.24) is 0 Å². The predicted molar refractivity (Wildman–Crippen MR) is 31.1 cm³/mol. The Morgan fingerprint density at radius 2 is 2.25 bits per heavy atom. The van der Waals surface area contributed by atoms with Crippen LogP contribution in [0.25, 0.3) is 0 Å². The molecule has 1 nitrogen and oxygen atoms in total. The first-order valence-electron chi connectivity index (χ1n) is 2.78. The van der Waals surface area contributed by atoms with E-state index in [0.29, 0.717) is 5.92 Å². The maximum absolute atomic E-state index is 11.3. The Morgan fingerprint density at radius 1 is 1.62 bits per heavy atom. The molecule has 2 heteroatoms. The zero-order chi connectivity index (χ0) is 6.41. The molecule has 0 atom stereocenters. The van der Waals surface area contributed by atoms with E-state index in [1.165, 1.54) is 0 Å². The van der Waals surface area contributed by atoms with Crippen LogP contribution in [0.2, 0.25) is 0 Å². The molecule has 0 spiro atoms. The van der Waals surface area contributed by atoms with Gasteiger partial charge in [-0.25, -0.2) is 4.39 Å². The van der Waals surface area contributed by atoms with Crippen molar-refractivity contribution in [2.75, 3.05) is 13.3 Å². The lowest BCUT2D eigenvalue weighted by atomic mass is 10.2. The van der Waals surface area contributed by atoms with Crippen molar-refractivity contribution >= 4 is 0 Å². The lowest BCUT2D eigenvalue weighted by molar-refractivity contribution is 0.155. The fourth-order valence-electron chi connectivity index (χ4n) is 0.305. The lowest BCUT2D eigenvalue weighted by Crippen LogP contribution is -1.97. The molecule has 0 aromatic rings. The van der Waals surface area contributed by atoms with Gasteiger partial charge in [-0.1, -0.05) is 13.8 Å². The third-order valence-corrected chi connectivity index (χ3v) is 0.563. The minimum absolute atomic E-state index is 0.193. The Balaban J connectivity index is 2.72. The topological polar surface area (TPSA) is 9.23 Å². The van der Waals surface area contributed by atoms with Crippen molar-refractivity contribution < 1.29 is 9.13 Å². The molecule has 0 aliphatic heterocycles. The highest BCUT2D eigenvalue weighted by Crippen LogP contribution is 1.97. The van der Waals surface area contributed by atoms with Crippen LogP contribution in [0.3, 0.4) is 0 Å². The number of hydrogen-bond acceptors (Lipinski definition) is 1. The van der Waals surface area contributed by atoms with Gasteiger partial charge in [0.2, 0.25) is 0 Å². The summed E-state index contributed by atoms with van der Waals surface area (Å²) in [5, 5.41) is 0. The fraction of sp³-hybridized carbons (Fsp3) is 0.833. The molecule has 0 aromatic carbocycles. The molecule has 1 radical (unpaired) electrons. The molecule has 0 saturated carbocycles. The second-order valence-corrected chi connectivity index (χ2v) is 1.94. The molecule has 0 fully saturated rings. The number of ether oxygens (including phenoxy) is 1. The van der Waals surface area contributed by atoms with Crippen LogP contribution in [-0.2, 0) is 4.74 Å². The maximum Gasteiger partial charge on any atom is 0.113 e. The molecule has 49 valence electrons.